The molecule has 3 N–H and O–H groups in total. The zero-order chi connectivity index (χ0) is 14.0. The maximum absolute atomic E-state index is 12.2. The van der Waals surface area contributed by atoms with Gasteiger partial charge in [-0.15, -0.1) is 11.3 Å². The number of nitrogens with one attached hydrogen (secondary N) is 1. The highest BCUT2D eigenvalue weighted by molar-refractivity contribution is 7.99. The minimum absolute atomic E-state index is 0.0289. The number of benzene rings is 1. The molecule has 1 heterocycles. The number of carbonyl (C=O) groups is 1. The standard InChI is InChI=1S/C14H18N2OS2/c1-14(2,18-3)8-16-13(17)12-11(15)9-6-4-5-7-10(9)19-12/h4-7H,8,15H2,1-3H3,(H,16,17). The Morgan fingerprint density at radius 2 is 2.11 bits per heavy atom. The number of carbonyl (C=O) groups excluding carboxylic acids is 1. The van der Waals surface area contributed by atoms with Crippen molar-refractivity contribution in [2.24, 2.45) is 0 Å². The molecule has 102 valence electrons. The van der Waals surface area contributed by atoms with E-state index in [0.29, 0.717) is 17.1 Å². The fraction of sp³-hybridized carbons (Fsp3) is 0.357. The Morgan fingerprint density at radius 3 is 2.74 bits per heavy atom. The van der Waals surface area contributed by atoms with Gasteiger partial charge >= 0.3 is 0 Å². The second kappa shape index (κ2) is 5.43. The van der Waals surface area contributed by atoms with E-state index in [1.807, 2.05) is 30.5 Å². The lowest BCUT2D eigenvalue weighted by Gasteiger charge is -2.22. The maximum atomic E-state index is 12.2. The van der Waals surface area contributed by atoms with Gasteiger partial charge in [-0.25, -0.2) is 0 Å². The predicted molar refractivity (Wildman–Crippen MR) is 86.2 cm³/mol. The number of rotatable bonds is 4. The van der Waals surface area contributed by atoms with Gasteiger partial charge in [-0.3, -0.25) is 4.79 Å². The van der Waals surface area contributed by atoms with E-state index < -0.39 is 0 Å². The van der Waals surface area contributed by atoms with Crippen LogP contribution in [0, 0.1) is 0 Å². The van der Waals surface area contributed by atoms with Gasteiger partial charge in [0.15, 0.2) is 0 Å². The molecular formula is C14H18N2OS2. The van der Waals surface area contributed by atoms with Crippen LogP contribution in [0.5, 0.6) is 0 Å². The highest BCUT2D eigenvalue weighted by atomic mass is 32.2. The highest BCUT2D eigenvalue weighted by Crippen LogP contribution is 2.33. The summed E-state index contributed by atoms with van der Waals surface area (Å²) < 4.78 is 1.08. The van der Waals surface area contributed by atoms with Gasteiger partial charge in [0, 0.05) is 21.4 Å². The summed E-state index contributed by atoms with van der Waals surface area (Å²) in [7, 11) is 0. The van der Waals surface area contributed by atoms with Gasteiger partial charge in [0.2, 0.25) is 0 Å². The van der Waals surface area contributed by atoms with Crippen molar-refractivity contribution < 1.29 is 4.79 Å². The molecule has 1 amide bonds. The van der Waals surface area contributed by atoms with Crippen LogP contribution in [-0.4, -0.2) is 23.5 Å². The second-order valence-corrected chi connectivity index (χ2v) is 7.55. The van der Waals surface area contributed by atoms with E-state index in [9.17, 15) is 4.79 Å². The number of hydrogen-bond donors (Lipinski definition) is 2. The van der Waals surface area contributed by atoms with E-state index in [-0.39, 0.29) is 10.7 Å². The van der Waals surface area contributed by atoms with Gasteiger partial charge < -0.3 is 11.1 Å². The lowest BCUT2D eigenvalue weighted by Crippen LogP contribution is -2.35. The number of anilines is 1. The number of fused-ring (bicyclic) bond motifs is 1. The number of hydrogen-bond acceptors (Lipinski definition) is 4. The maximum Gasteiger partial charge on any atom is 0.263 e. The van der Waals surface area contributed by atoms with Crippen LogP contribution in [0.1, 0.15) is 23.5 Å². The molecule has 0 unspecified atom stereocenters. The first kappa shape index (κ1) is 14.2. The molecule has 2 rings (SSSR count). The van der Waals surface area contributed by atoms with E-state index in [1.54, 1.807) is 11.8 Å². The third kappa shape index (κ3) is 3.04. The Labute approximate surface area is 121 Å². The molecule has 0 aliphatic carbocycles. The summed E-state index contributed by atoms with van der Waals surface area (Å²) in [4.78, 5) is 12.8. The molecule has 2 aromatic rings. The number of thioether (sulfide) groups is 1. The summed E-state index contributed by atoms with van der Waals surface area (Å²) in [6.45, 7) is 4.83. The molecule has 0 atom stereocenters. The molecule has 0 fully saturated rings. The van der Waals surface area contributed by atoms with Gasteiger partial charge in [0.05, 0.1) is 5.69 Å². The van der Waals surface area contributed by atoms with Crippen molar-refractivity contribution in [1.29, 1.82) is 0 Å². The normalized spacial score (nSPS) is 11.7. The zero-order valence-corrected chi connectivity index (χ0v) is 13.0. The zero-order valence-electron chi connectivity index (χ0n) is 11.3. The van der Waals surface area contributed by atoms with E-state index in [0.717, 1.165) is 10.1 Å². The third-order valence-electron chi connectivity index (χ3n) is 3.07. The summed E-state index contributed by atoms with van der Waals surface area (Å²) >= 11 is 3.18. The van der Waals surface area contributed by atoms with Crippen molar-refractivity contribution in [2.75, 3.05) is 18.5 Å². The molecule has 3 nitrogen and oxygen atoms in total. The number of thiophene rings is 1. The fourth-order valence-corrected chi connectivity index (χ4v) is 2.94. The number of nitrogens with two attached hydrogens (primary N) is 1. The minimum atomic E-state index is -0.0826. The summed E-state index contributed by atoms with van der Waals surface area (Å²) in [6, 6.07) is 7.82. The van der Waals surface area contributed by atoms with Crippen molar-refractivity contribution in [3.8, 4) is 0 Å². The average molecular weight is 294 g/mol. The second-order valence-electron chi connectivity index (χ2n) is 4.99. The van der Waals surface area contributed by atoms with Gasteiger partial charge in [-0.1, -0.05) is 18.2 Å². The summed E-state index contributed by atoms with van der Waals surface area (Å²) in [5, 5.41) is 3.92. The molecule has 0 spiro atoms. The third-order valence-corrected chi connectivity index (χ3v) is 5.50. The van der Waals surface area contributed by atoms with Crippen LogP contribution < -0.4 is 11.1 Å². The Bertz CT molecular complexity index is 605. The van der Waals surface area contributed by atoms with E-state index in [4.69, 9.17) is 5.73 Å². The van der Waals surface area contributed by atoms with E-state index in [2.05, 4.69) is 19.2 Å². The SMILES string of the molecule is CSC(C)(C)CNC(=O)c1sc2ccccc2c1N. The van der Waals surface area contributed by atoms with Crippen molar-refractivity contribution in [3.63, 3.8) is 0 Å². The summed E-state index contributed by atoms with van der Waals surface area (Å²) in [5.74, 6) is -0.0826. The molecule has 0 aliphatic heterocycles. The molecule has 0 saturated heterocycles. The molecule has 0 saturated carbocycles. The van der Waals surface area contributed by atoms with Crippen LogP contribution in [0.3, 0.4) is 0 Å². The van der Waals surface area contributed by atoms with Gasteiger partial charge in [0.25, 0.3) is 5.91 Å². The largest absolute Gasteiger partial charge is 0.397 e. The first-order valence-electron chi connectivity index (χ1n) is 6.05. The van der Waals surface area contributed by atoms with Crippen LogP contribution >= 0.6 is 23.1 Å². The van der Waals surface area contributed by atoms with Crippen molar-refractivity contribution in [1.82, 2.24) is 5.32 Å². The van der Waals surface area contributed by atoms with Crippen molar-refractivity contribution in [2.45, 2.75) is 18.6 Å². The van der Waals surface area contributed by atoms with Crippen molar-refractivity contribution >= 4 is 44.8 Å². The quantitative estimate of drug-likeness (QED) is 0.909. The Balaban J connectivity index is 2.20. The Kier molecular flexibility index (Phi) is 4.06. The van der Waals surface area contributed by atoms with E-state index >= 15 is 0 Å². The minimum Gasteiger partial charge on any atom is -0.397 e. The molecular weight excluding hydrogens is 276 g/mol. The summed E-state index contributed by atoms with van der Waals surface area (Å²) in [6.07, 6.45) is 2.04. The molecule has 0 radical (unpaired) electrons. The average Bonchev–Trinajstić information content (AvgIpc) is 2.74. The Hall–Kier alpha value is -1.20. The molecule has 19 heavy (non-hydrogen) atoms. The number of nitrogen functional groups attached to an aromatic ring is 1. The highest BCUT2D eigenvalue weighted by Gasteiger charge is 2.20. The van der Waals surface area contributed by atoms with Crippen LogP contribution in [0.25, 0.3) is 10.1 Å². The van der Waals surface area contributed by atoms with Crippen LogP contribution in [-0.2, 0) is 0 Å². The number of amides is 1. The molecule has 1 aromatic carbocycles. The summed E-state index contributed by atoms with van der Waals surface area (Å²) in [5.41, 5.74) is 6.64. The first-order valence-corrected chi connectivity index (χ1v) is 8.09. The lowest BCUT2D eigenvalue weighted by molar-refractivity contribution is 0.0955. The Morgan fingerprint density at radius 1 is 1.42 bits per heavy atom. The van der Waals surface area contributed by atoms with Crippen LogP contribution in [0.2, 0.25) is 0 Å². The monoisotopic (exact) mass is 294 g/mol. The van der Waals surface area contributed by atoms with E-state index in [1.165, 1.54) is 11.3 Å². The first-order chi connectivity index (χ1) is 8.94. The molecule has 0 aliphatic rings. The van der Waals surface area contributed by atoms with Crippen molar-refractivity contribution in [3.05, 3.63) is 29.1 Å². The lowest BCUT2D eigenvalue weighted by atomic mass is 10.2. The van der Waals surface area contributed by atoms with Gasteiger partial charge in [-0.2, -0.15) is 11.8 Å². The topological polar surface area (TPSA) is 55.1 Å². The van der Waals surface area contributed by atoms with Gasteiger partial charge in [-0.05, 0) is 26.2 Å². The van der Waals surface area contributed by atoms with Crippen LogP contribution in [0.15, 0.2) is 24.3 Å². The molecule has 0 bridgehead atoms. The predicted octanol–water partition coefficient (Wildman–Crippen LogP) is 3.35. The van der Waals surface area contributed by atoms with Crippen LogP contribution in [0.4, 0.5) is 5.69 Å². The van der Waals surface area contributed by atoms with Gasteiger partial charge in [0.1, 0.15) is 4.88 Å². The smallest absolute Gasteiger partial charge is 0.263 e. The fourth-order valence-electron chi connectivity index (χ4n) is 1.68. The molecule has 1 aromatic heterocycles. The molecule has 5 heteroatoms.